The lowest BCUT2D eigenvalue weighted by Crippen LogP contribution is -2.40. The van der Waals surface area contributed by atoms with E-state index in [0.717, 1.165) is 12.3 Å². The van der Waals surface area contributed by atoms with E-state index < -0.39 is 17.6 Å². The minimum Gasteiger partial charge on any atom is -0.338 e. The summed E-state index contributed by atoms with van der Waals surface area (Å²) in [6.45, 7) is 0.720. The topological polar surface area (TPSA) is 75.4 Å². The number of aromatic nitrogens is 4. The van der Waals surface area contributed by atoms with Crippen molar-refractivity contribution in [2.75, 3.05) is 18.4 Å². The number of benzene rings is 1. The molecule has 1 aromatic carbocycles. The predicted molar refractivity (Wildman–Crippen MR) is 120 cm³/mol. The van der Waals surface area contributed by atoms with Crippen molar-refractivity contribution in [3.05, 3.63) is 83.7 Å². The van der Waals surface area contributed by atoms with Gasteiger partial charge in [-0.05, 0) is 49.2 Å². The molecule has 1 fully saturated rings. The van der Waals surface area contributed by atoms with Gasteiger partial charge in [0.1, 0.15) is 17.5 Å². The normalized spacial score (nSPS) is 16.5. The molecule has 1 aliphatic rings. The van der Waals surface area contributed by atoms with Crippen LogP contribution in [-0.4, -0.2) is 43.5 Å². The number of nitrogens with zero attached hydrogens (tertiary/aromatic N) is 5. The molecule has 4 heterocycles. The number of piperidine rings is 1. The Bertz CT molecular complexity index is 1390. The van der Waals surface area contributed by atoms with E-state index in [2.05, 4.69) is 20.5 Å². The first-order chi connectivity index (χ1) is 16.8. The van der Waals surface area contributed by atoms with E-state index in [4.69, 9.17) is 0 Å². The van der Waals surface area contributed by atoms with Crippen molar-refractivity contribution in [1.29, 1.82) is 0 Å². The lowest BCUT2D eigenvalue weighted by atomic mass is 9.96. The molecule has 11 heteroatoms. The average molecular weight is 484 g/mol. The van der Waals surface area contributed by atoms with E-state index in [1.165, 1.54) is 22.7 Å². The number of hydrogen-bond acceptors (Lipinski definition) is 5. The number of para-hydroxylation sites is 1. The Kier molecular flexibility index (Phi) is 5.83. The van der Waals surface area contributed by atoms with Gasteiger partial charge in [0.25, 0.3) is 5.91 Å². The molecule has 5 rings (SSSR count). The summed E-state index contributed by atoms with van der Waals surface area (Å²) < 4.78 is 55.2. The van der Waals surface area contributed by atoms with E-state index in [-0.39, 0.29) is 35.4 Å². The number of halogens is 4. The summed E-state index contributed by atoms with van der Waals surface area (Å²) >= 11 is 0. The quantitative estimate of drug-likeness (QED) is 0.411. The van der Waals surface area contributed by atoms with E-state index in [1.54, 1.807) is 35.2 Å². The van der Waals surface area contributed by atoms with Crippen molar-refractivity contribution in [2.45, 2.75) is 24.9 Å². The van der Waals surface area contributed by atoms with E-state index in [0.29, 0.717) is 30.9 Å². The standard InChI is InChI=1S/C24H20F4N6O/c25-18-7-1-2-8-19(18)30-21-17(6-3-11-29-21)23(35)33-12-4-5-15(13-33)22-32-31-20-10-9-16(14-34(20)22)24(26,27)28/h1-3,6-11,14-15H,4-5,12-13H2,(H,29,30). The third-order valence-electron chi connectivity index (χ3n) is 5.99. The number of rotatable bonds is 4. The first-order valence-electron chi connectivity index (χ1n) is 11.0. The van der Waals surface area contributed by atoms with Gasteiger partial charge in [-0.1, -0.05) is 12.1 Å². The SMILES string of the molecule is O=C(c1cccnc1Nc1ccccc1F)N1CCCC(c2nnc3ccc(C(F)(F)F)cn23)C1. The smallest absolute Gasteiger partial charge is 0.338 e. The number of anilines is 2. The molecule has 0 radical (unpaired) electrons. The first kappa shape index (κ1) is 22.8. The van der Waals surface area contributed by atoms with Crippen LogP contribution in [0.25, 0.3) is 5.65 Å². The molecule has 0 spiro atoms. The van der Waals surface area contributed by atoms with Crippen LogP contribution < -0.4 is 5.32 Å². The molecule has 4 aromatic rings. The van der Waals surface area contributed by atoms with Gasteiger partial charge in [0.05, 0.1) is 16.8 Å². The molecule has 0 saturated carbocycles. The molecule has 1 N–H and O–H groups in total. The van der Waals surface area contributed by atoms with Gasteiger partial charge >= 0.3 is 6.18 Å². The number of nitrogens with one attached hydrogen (secondary N) is 1. The van der Waals surface area contributed by atoms with Crippen molar-refractivity contribution in [3.8, 4) is 0 Å². The maximum Gasteiger partial charge on any atom is 0.417 e. The Morgan fingerprint density at radius 3 is 2.69 bits per heavy atom. The van der Waals surface area contributed by atoms with Crippen molar-refractivity contribution in [2.24, 2.45) is 0 Å². The molecule has 35 heavy (non-hydrogen) atoms. The number of fused-ring (bicyclic) bond motifs is 1. The largest absolute Gasteiger partial charge is 0.417 e. The van der Waals surface area contributed by atoms with Gasteiger partial charge in [0, 0.05) is 31.4 Å². The Morgan fingerprint density at radius 1 is 1.06 bits per heavy atom. The van der Waals surface area contributed by atoms with Crippen LogP contribution in [0.15, 0.2) is 60.9 Å². The van der Waals surface area contributed by atoms with Crippen molar-refractivity contribution < 1.29 is 22.4 Å². The zero-order valence-corrected chi connectivity index (χ0v) is 18.3. The van der Waals surface area contributed by atoms with Crippen molar-refractivity contribution in [1.82, 2.24) is 24.5 Å². The molecule has 1 aliphatic heterocycles. The summed E-state index contributed by atoms with van der Waals surface area (Å²) in [4.78, 5) is 19.3. The number of carbonyl (C=O) groups excluding carboxylic acids is 1. The molecule has 1 unspecified atom stereocenters. The molecular weight excluding hydrogens is 464 g/mol. The molecule has 1 atom stereocenters. The van der Waals surface area contributed by atoms with E-state index in [9.17, 15) is 22.4 Å². The van der Waals surface area contributed by atoms with Gasteiger partial charge in [0.2, 0.25) is 0 Å². The van der Waals surface area contributed by atoms with Crippen LogP contribution in [0.4, 0.5) is 29.1 Å². The number of pyridine rings is 2. The Hall–Kier alpha value is -4.02. The fourth-order valence-corrected chi connectivity index (χ4v) is 4.26. The minimum atomic E-state index is -4.49. The second-order valence-corrected chi connectivity index (χ2v) is 8.30. The molecular formula is C24H20F4N6O. The molecule has 180 valence electrons. The molecule has 0 bridgehead atoms. The number of likely N-dealkylation sites (tertiary alicyclic amines) is 1. The highest BCUT2D eigenvalue weighted by Crippen LogP contribution is 2.32. The molecule has 3 aromatic heterocycles. The van der Waals surface area contributed by atoms with E-state index in [1.807, 2.05) is 0 Å². The maximum atomic E-state index is 14.1. The van der Waals surface area contributed by atoms with E-state index >= 15 is 0 Å². The summed E-state index contributed by atoms with van der Waals surface area (Å²) in [6.07, 6.45) is -0.719. The fourth-order valence-electron chi connectivity index (χ4n) is 4.26. The van der Waals surface area contributed by atoms with Gasteiger partial charge in [-0.15, -0.1) is 10.2 Å². The number of amides is 1. The zero-order chi connectivity index (χ0) is 24.6. The highest BCUT2D eigenvalue weighted by molar-refractivity contribution is 5.99. The third-order valence-corrected chi connectivity index (χ3v) is 5.99. The van der Waals surface area contributed by atoms with Crippen LogP contribution in [-0.2, 0) is 6.18 Å². The van der Waals surface area contributed by atoms with Crippen molar-refractivity contribution >= 4 is 23.1 Å². The van der Waals surface area contributed by atoms with Gasteiger partial charge in [-0.2, -0.15) is 13.2 Å². The average Bonchev–Trinajstić information content (AvgIpc) is 3.28. The maximum absolute atomic E-state index is 14.1. The second kappa shape index (κ2) is 8.97. The van der Waals surface area contributed by atoms with Crippen LogP contribution in [0.2, 0.25) is 0 Å². The zero-order valence-electron chi connectivity index (χ0n) is 18.3. The van der Waals surface area contributed by atoms with Crippen LogP contribution in [0.3, 0.4) is 0 Å². The molecule has 0 aliphatic carbocycles. The summed E-state index contributed by atoms with van der Waals surface area (Å²) in [5.41, 5.74) is -0.0388. The molecule has 1 saturated heterocycles. The first-order valence-corrected chi connectivity index (χ1v) is 11.0. The van der Waals surface area contributed by atoms with Gasteiger partial charge in [-0.3, -0.25) is 9.20 Å². The number of carbonyl (C=O) groups is 1. The summed E-state index contributed by atoms with van der Waals surface area (Å²) in [7, 11) is 0. The summed E-state index contributed by atoms with van der Waals surface area (Å²) in [5, 5.41) is 11.0. The molecule has 1 amide bonds. The fraction of sp³-hybridized carbons (Fsp3) is 0.250. The second-order valence-electron chi connectivity index (χ2n) is 8.30. The minimum absolute atomic E-state index is 0.187. The Labute approximate surface area is 197 Å². The number of alkyl halides is 3. The van der Waals surface area contributed by atoms with Gasteiger partial charge in [0.15, 0.2) is 5.65 Å². The molecule has 7 nitrogen and oxygen atoms in total. The highest BCUT2D eigenvalue weighted by Gasteiger charge is 2.33. The van der Waals surface area contributed by atoms with Gasteiger partial charge < -0.3 is 10.2 Å². The van der Waals surface area contributed by atoms with Crippen LogP contribution in [0, 0.1) is 5.82 Å². The Morgan fingerprint density at radius 2 is 1.89 bits per heavy atom. The van der Waals surface area contributed by atoms with Crippen LogP contribution in [0.5, 0.6) is 0 Å². The van der Waals surface area contributed by atoms with Gasteiger partial charge in [-0.25, -0.2) is 9.37 Å². The monoisotopic (exact) mass is 484 g/mol. The van der Waals surface area contributed by atoms with Crippen molar-refractivity contribution in [3.63, 3.8) is 0 Å². The third kappa shape index (κ3) is 4.53. The summed E-state index contributed by atoms with van der Waals surface area (Å²) in [5.74, 6) is -0.504. The summed E-state index contributed by atoms with van der Waals surface area (Å²) in [6, 6.07) is 11.5. The van der Waals surface area contributed by atoms with Crippen LogP contribution in [0.1, 0.15) is 40.5 Å². The lowest BCUT2D eigenvalue weighted by molar-refractivity contribution is -0.137. The van der Waals surface area contributed by atoms with Crippen LogP contribution >= 0.6 is 0 Å². The highest BCUT2D eigenvalue weighted by atomic mass is 19.4. The number of hydrogen-bond donors (Lipinski definition) is 1. The lowest BCUT2D eigenvalue weighted by Gasteiger charge is -2.32. The Balaban J connectivity index is 1.41. The predicted octanol–water partition coefficient (Wildman–Crippen LogP) is 5.05.